The largest absolute Gasteiger partial charge is 0.369 e. The van der Waals surface area contributed by atoms with E-state index < -0.39 is 0 Å². The predicted molar refractivity (Wildman–Crippen MR) is 72.8 cm³/mol. The Balaban J connectivity index is 2.07. The first-order valence-electron chi connectivity index (χ1n) is 6.48. The molecule has 2 rings (SSSR count). The van der Waals surface area contributed by atoms with E-state index in [0.717, 1.165) is 19.4 Å². The number of allylic oxidation sites excluding steroid dienone is 1. The van der Waals surface area contributed by atoms with Crippen molar-refractivity contribution >= 4 is 5.91 Å². The normalized spacial score (nSPS) is 19.1. The van der Waals surface area contributed by atoms with Gasteiger partial charge in [0, 0.05) is 12.6 Å². The number of carbonyl (C=O) groups excluding carboxylic acids is 1. The van der Waals surface area contributed by atoms with E-state index in [0.29, 0.717) is 12.6 Å². The van der Waals surface area contributed by atoms with Gasteiger partial charge in [0.1, 0.15) is 0 Å². The molecule has 1 aliphatic rings. The maximum Gasteiger partial charge on any atom is 0.231 e. The van der Waals surface area contributed by atoms with Gasteiger partial charge in [-0.3, -0.25) is 9.69 Å². The van der Waals surface area contributed by atoms with Crippen LogP contribution in [0.4, 0.5) is 0 Å². The standard InChI is InChI=1S/C15H20N2O/c16-15(18)12-17(14-9-5-2-6-10-14)11-13-7-3-1-4-8-13/h1,3-5,7-9,14H,2,6,10-12H2,(H2,16,18). The number of carbonyl (C=O) groups is 1. The molecule has 0 spiro atoms. The maximum absolute atomic E-state index is 11.2. The zero-order valence-corrected chi connectivity index (χ0v) is 10.6. The van der Waals surface area contributed by atoms with Crippen molar-refractivity contribution in [3.8, 4) is 0 Å². The number of hydrogen-bond donors (Lipinski definition) is 1. The lowest BCUT2D eigenvalue weighted by Gasteiger charge is -2.30. The average molecular weight is 244 g/mol. The van der Waals surface area contributed by atoms with Crippen LogP contribution in [-0.4, -0.2) is 23.4 Å². The van der Waals surface area contributed by atoms with Gasteiger partial charge in [0.05, 0.1) is 6.54 Å². The molecule has 1 amide bonds. The molecule has 1 aromatic rings. The molecule has 0 heterocycles. The minimum Gasteiger partial charge on any atom is -0.369 e. The third kappa shape index (κ3) is 3.70. The molecule has 0 aliphatic heterocycles. The van der Waals surface area contributed by atoms with Crippen molar-refractivity contribution < 1.29 is 4.79 Å². The summed E-state index contributed by atoms with van der Waals surface area (Å²) in [6, 6.07) is 10.6. The molecule has 1 atom stereocenters. The zero-order valence-electron chi connectivity index (χ0n) is 10.6. The van der Waals surface area contributed by atoms with E-state index in [4.69, 9.17) is 5.73 Å². The number of rotatable bonds is 5. The first-order valence-corrected chi connectivity index (χ1v) is 6.48. The lowest BCUT2D eigenvalue weighted by Crippen LogP contribution is -2.40. The molecule has 0 fully saturated rings. The molecule has 2 N–H and O–H groups in total. The third-order valence-electron chi connectivity index (χ3n) is 3.29. The highest BCUT2D eigenvalue weighted by molar-refractivity contribution is 5.76. The molecular formula is C15H20N2O. The topological polar surface area (TPSA) is 46.3 Å². The van der Waals surface area contributed by atoms with Crippen molar-refractivity contribution in [2.75, 3.05) is 6.54 Å². The SMILES string of the molecule is NC(=O)CN(Cc1ccccc1)C1C=CCCC1. The van der Waals surface area contributed by atoms with Crippen LogP contribution in [0, 0.1) is 0 Å². The molecule has 1 aliphatic carbocycles. The molecule has 0 aromatic heterocycles. The van der Waals surface area contributed by atoms with Gasteiger partial charge in [-0.05, 0) is 24.8 Å². The fourth-order valence-corrected chi connectivity index (χ4v) is 2.41. The van der Waals surface area contributed by atoms with Crippen molar-refractivity contribution in [2.24, 2.45) is 5.73 Å². The summed E-state index contributed by atoms with van der Waals surface area (Å²) in [5.74, 6) is -0.259. The lowest BCUT2D eigenvalue weighted by atomic mass is 10.0. The molecule has 18 heavy (non-hydrogen) atoms. The molecule has 96 valence electrons. The van der Waals surface area contributed by atoms with E-state index in [-0.39, 0.29) is 5.91 Å². The van der Waals surface area contributed by atoms with Crippen molar-refractivity contribution in [2.45, 2.75) is 31.8 Å². The summed E-state index contributed by atoms with van der Waals surface area (Å²) in [6.45, 7) is 1.10. The Morgan fingerprint density at radius 2 is 2.11 bits per heavy atom. The number of benzene rings is 1. The van der Waals surface area contributed by atoms with Crippen LogP contribution in [0.2, 0.25) is 0 Å². The Bertz CT molecular complexity index is 414. The summed E-state index contributed by atoms with van der Waals surface area (Å²) in [5, 5.41) is 0. The van der Waals surface area contributed by atoms with Gasteiger partial charge in [-0.15, -0.1) is 0 Å². The van der Waals surface area contributed by atoms with E-state index in [1.807, 2.05) is 18.2 Å². The summed E-state index contributed by atoms with van der Waals surface area (Å²) in [5.41, 5.74) is 6.57. The second kappa shape index (κ2) is 6.36. The summed E-state index contributed by atoms with van der Waals surface area (Å²) >= 11 is 0. The highest BCUT2D eigenvalue weighted by Gasteiger charge is 2.19. The van der Waals surface area contributed by atoms with Crippen LogP contribution < -0.4 is 5.73 Å². The van der Waals surface area contributed by atoms with E-state index in [1.54, 1.807) is 0 Å². The first-order chi connectivity index (χ1) is 8.75. The van der Waals surface area contributed by atoms with Crippen LogP contribution in [0.5, 0.6) is 0 Å². The number of nitrogens with zero attached hydrogens (tertiary/aromatic N) is 1. The van der Waals surface area contributed by atoms with Gasteiger partial charge in [-0.1, -0.05) is 42.5 Å². The van der Waals surface area contributed by atoms with Crippen molar-refractivity contribution in [1.82, 2.24) is 4.90 Å². The van der Waals surface area contributed by atoms with Crippen molar-refractivity contribution in [3.05, 3.63) is 48.0 Å². The Morgan fingerprint density at radius 1 is 1.33 bits per heavy atom. The second-order valence-corrected chi connectivity index (χ2v) is 4.78. The minimum atomic E-state index is -0.259. The number of primary amides is 1. The highest BCUT2D eigenvalue weighted by Crippen LogP contribution is 2.18. The molecule has 3 nitrogen and oxygen atoms in total. The zero-order chi connectivity index (χ0) is 12.8. The van der Waals surface area contributed by atoms with E-state index >= 15 is 0 Å². The van der Waals surface area contributed by atoms with E-state index in [1.165, 1.54) is 12.0 Å². The highest BCUT2D eigenvalue weighted by atomic mass is 16.1. The van der Waals surface area contributed by atoms with Crippen LogP contribution in [-0.2, 0) is 11.3 Å². The minimum absolute atomic E-state index is 0.259. The van der Waals surface area contributed by atoms with Crippen LogP contribution in [0.1, 0.15) is 24.8 Å². The van der Waals surface area contributed by atoms with Gasteiger partial charge >= 0.3 is 0 Å². The van der Waals surface area contributed by atoms with E-state index in [2.05, 4.69) is 29.2 Å². The molecule has 0 radical (unpaired) electrons. The molecule has 0 bridgehead atoms. The summed E-state index contributed by atoms with van der Waals surface area (Å²) in [7, 11) is 0. The van der Waals surface area contributed by atoms with Crippen LogP contribution in [0.25, 0.3) is 0 Å². The lowest BCUT2D eigenvalue weighted by molar-refractivity contribution is -0.119. The van der Waals surface area contributed by atoms with Crippen molar-refractivity contribution in [3.63, 3.8) is 0 Å². The Morgan fingerprint density at radius 3 is 2.72 bits per heavy atom. The number of hydrogen-bond acceptors (Lipinski definition) is 2. The second-order valence-electron chi connectivity index (χ2n) is 4.78. The van der Waals surface area contributed by atoms with Gasteiger partial charge in [0.25, 0.3) is 0 Å². The van der Waals surface area contributed by atoms with Crippen LogP contribution in [0.15, 0.2) is 42.5 Å². The molecule has 1 aromatic carbocycles. The Kier molecular flexibility index (Phi) is 4.53. The quantitative estimate of drug-likeness (QED) is 0.806. The summed E-state index contributed by atoms with van der Waals surface area (Å²) < 4.78 is 0. The van der Waals surface area contributed by atoms with E-state index in [9.17, 15) is 4.79 Å². The molecular weight excluding hydrogens is 224 g/mol. The average Bonchev–Trinajstić information content (AvgIpc) is 2.40. The first kappa shape index (κ1) is 12.8. The number of nitrogens with two attached hydrogens (primary N) is 1. The van der Waals surface area contributed by atoms with Crippen LogP contribution in [0.3, 0.4) is 0 Å². The van der Waals surface area contributed by atoms with Gasteiger partial charge in [0.15, 0.2) is 0 Å². The summed E-state index contributed by atoms with van der Waals surface area (Å²) in [4.78, 5) is 13.4. The Hall–Kier alpha value is -1.61. The molecule has 0 saturated carbocycles. The third-order valence-corrected chi connectivity index (χ3v) is 3.29. The van der Waals surface area contributed by atoms with Crippen LogP contribution >= 0.6 is 0 Å². The summed E-state index contributed by atoms with van der Waals surface area (Å²) in [6.07, 6.45) is 7.84. The van der Waals surface area contributed by atoms with Gasteiger partial charge < -0.3 is 5.73 Å². The number of amides is 1. The van der Waals surface area contributed by atoms with Gasteiger partial charge in [-0.2, -0.15) is 0 Å². The monoisotopic (exact) mass is 244 g/mol. The van der Waals surface area contributed by atoms with Gasteiger partial charge in [0.2, 0.25) is 5.91 Å². The fourth-order valence-electron chi connectivity index (χ4n) is 2.41. The van der Waals surface area contributed by atoms with Gasteiger partial charge in [-0.25, -0.2) is 0 Å². The molecule has 0 saturated heterocycles. The molecule has 1 unspecified atom stereocenters. The predicted octanol–water partition coefficient (Wildman–Crippen LogP) is 2.08. The Labute approximate surface area is 108 Å². The van der Waals surface area contributed by atoms with Crippen molar-refractivity contribution in [1.29, 1.82) is 0 Å². The smallest absolute Gasteiger partial charge is 0.231 e. The fraction of sp³-hybridized carbons (Fsp3) is 0.400. The molecule has 3 heteroatoms. The maximum atomic E-state index is 11.2.